The van der Waals surface area contributed by atoms with Gasteiger partial charge in [-0.15, -0.1) is 0 Å². The number of ether oxygens (including phenoxy) is 1. The summed E-state index contributed by atoms with van der Waals surface area (Å²) in [4.78, 5) is 3.14. The van der Waals surface area contributed by atoms with E-state index in [0.29, 0.717) is 38.7 Å². The van der Waals surface area contributed by atoms with Crippen LogP contribution in [-0.2, 0) is 14.8 Å². The van der Waals surface area contributed by atoms with Gasteiger partial charge in [-0.2, -0.15) is 4.31 Å². The van der Waals surface area contributed by atoms with Crippen LogP contribution in [-0.4, -0.2) is 50.7 Å². The Morgan fingerprint density at radius 3 is 2.52 bits per heavy atom. The number of hydrogen-bond acceptors (Lipinski definition) is 5. The zero-order valence-corrected chi connectivity index (χ0v) is 14.6. The summed E-state index contributed by atoms with van der Waals surface area (Å²) in [6.07, 6.45) is 0.813. The minimum absolute atomic E-state index is 0.212. The van der Waals surface area contributed by atoms with Crippen LogP contribution in [0, 0.1) is 0 Å². The number of hydrogen-bond donors (Lipinski definition) is 2. The van der Waals surface area contributed by atoms with Crippen LogP contribution in [0.2, 0.25) is 0 Å². The standard InChI is InChI=1S/C17H21N3O4S/c21-16(14-4-2-1-3-5-14)13-19-17-7-6-15(12-18-17)25(22,23)20-8-10-24-11-9-20/h1-7,12,16,21H,8-11,13H2,(H,18,19)/p+1/t16-/m0/s1. The maximum absolute atomic E-state index is 12.5. The number of H-pyrrole nitrogens is 1. The number of pyridine rings is 1. The first-order chi connectivity index (χ1) is 12.1. The normalized spacial score (nSPS) is 17.2. The van der Waals surface area contributed by atoms with Gasteiger partial charge in [0, 0.05) is 19.2 Å². The summed E-state index contributed by atoms with van der Waals surface area (Å²) in [7, 11) is -3.51. The molecule has 7 nitrogen and oxygen atoms in total. The highest BCUT2D eigenvalue weighted by molar-refractivity contribution is 7.89. The van der Waals surface area contributed by atoms with Crippen LogP contribution in [0.3, 0.4) is 0 Å². The Labute approximate surface area is 147 Å². The molecule has 0 aliphatic carbocycles. The molecule has 1 aliphatic rings. The van der Waals surface area contributed by atoms with Crippen molar-refractivity contribution in [3.63, 3.8) is 0 Å². The number of aromatic nitrogens is 1. The molecule has 0 spiro atoms. The summed E-state index contributed by atoms with van der Waals surface area (Å²) < 4.78 is 31.7. The molecule has 0 saturated carbocycles. The fraction of sp³-hybridized carbons (Fsp3) is 0.353. The Hall–Kier alpha value is -2.00. The van der Waals surface area contributed by atoms with Gasteiger partial charge < -0.3 is 9.84 Å². The van der Waals surface area contributed by atoms with Crippen molar-refractivity contribution in [3.8, 4) is 0 Å². The van der Waals surface area contributed by atoms with Crippen molar-refractivity contribution in [2.75, 3.05) is 38.2 Å². The molecular weight excluding hydrogens is 342 g/mol. The molecule has 1 atom stereocenters. The van der Waals surface area contributed by atoms with Crippen molar-refractivity contribution in [2.45, 2.75) is 11.0 Å². The Balaban J connectivity index is 1.62. The van der Waals surface area contributed by atoms with Crippen molar-refractivity contribution in [2.24, 2.45) is 0 Å². The molecule has 3 N–H and O–H groups in total. The van der Waals surface area contributed by atoms with Gasteiger partial charge in [0.05, 0.1) is 13.2 Å². The fourth-order valence-corrected chi connectivity index (χ4v) is 3.99. The van der Waals surface area contributed by atoms with E-state index in [0.717, 1.165) is 5.56 Å². The number of aliphatic hydroxyl groups is 1. The Morgan fingerprint density at radius 2 is 1.88 bits per heavy atom. The van der Waals surface area contributed by atoms with Crippen LogP contribution in [0.5, 0.6) is 0 Å². The topological polar surface area (TPSA) is 93.0 Å². The van der Waals surface area contributed by atoms with Crippen LogP contribution in [0.15, 0.2) is 53.6 Å². The van der Waals surface area contributed by atoms with Crippen molar-refractivity contribution < 1.29 is 23.2 Å². The first-order valence-electron chi connectivity index (χ1n) is 8.14. The van der Waals surface area contributed by atoms with E-state index in [1.165, 1.54) is 10.5 Å². The first kappa shape index (κ1) is 17.8. The zero-order chi connectivity index (χ0) is 17.7. The molecular formula is C17H22N3O4S+. The van der Waals surface area contributed by atoms with E-state index in [-0.39, 0.29) is 4.90 Å². The van der Waals surface area contributed by atoms with Crippen LogP contribution in [0.25, 0.3) is 0 Å². The largest absolute Gasteiger partial charge is 0.384 e. The first-order valence-corrected chi connectivity index (χ1v) is 9.58. The van der Waals surface area contributed by atoms with Crippen LogP contribution in [0.1, 0.15) is 11.7 Å². The molecule has 1 saturated heterocycles. The number of anilines is 1. The van der Waals surface area contributed by atoms with Gasteiger partial charge in [-0.1, -0.05) is 30.3 Å². The van der Waals surface area contributed by atoms with Crippen LogP contribution < -0.4 is 10.3 Å². The van der Waals surface area contributed by atoms with E-state index in [4.69, 9.17) is 4.74 Å². The second-order valence-corrected chi connectivity index (χ2v) is 7.70. The molecule has 1 aromatic carbocycles. The summed E-state index contributed by atoms with van der Waals surface area (Å²) in [5.74, 6) is 0.635. The highest BCUT2D eigenvalue weighted by Crippen LogP contribution is 2.17. The number of aliphatic hydroxyl groups excluding tert-OH is 1. The number of benzene rings is 1. The third-order valence-corrected chi connectivity index (χ3v) is 5.96. The van der Waals surface area contributed by atoms with E-state index in [9.17, 15) is 13.5 Å². The lowest BCUT2D eigenvalue weighted by Crippen LogP contribution is -2.40. The third kappa shape index (κ3) is 4.35. The summed E-state index contributed by atoms with van der Waals surface area (Å²) in [5, 5.41) is 13.2. The van der Waals surface area contributed by atoms with Crippen molar-refractivity contribution in [1.82, 2.24) is 4.31 Å². The minimum atomic E-state index is -3.51. The molecule has 1 fully saturated rings. The smallest absolute Gasteiger partial charge is 0.272 e. The van der Waals surface area contributed by atoms with Crippen molar-refractivity contribution >= 4 is 15.8 Å². The van der Waals surface area contributed by atoms with Crippen molar-refractivity contribution in [3.05, 3.63) is 54.2 Å². The summed E-state index contributed by atoms with van der Waals surface area (Å²) in [6.45, 7) is 1.88. The molecule has 0 amide bonds. The van der Waals surface area contributed by atoms with Gasteiger partial charge >= 0.3 is 0 Å². The predicted molar refractivity (Wildman–Crippen MR) is 92.5 cm³/mol. The van der Waals surface area contributed by atoms with Gasteiger partial charge in [-0.05, 0) is 11.6 Å². The lowest BCUT2D eigenvalue weighted by Gasteiger charge is -2.25. The number of aromatic amines is 1. The maximum atomic E-state index is 12.5. The fourth-order valence-electron chi connectivity index (χ4n) is 2.62. The maximum Gasteiger partial charge on any atom is 0.272 e. The van der Waals surface area contributed by atoms with E-state index >= 15 is 0 Å². The Bertz CT molecular complexity index is 775. The van der Waals surface area contributed by atoms with Gasteiger partial charge in [0.25, 0.3) is 5.82 Å². The predicted octanol–water partition coefficient (Wildman–Crippen LogP) is 0.667. The zero-order valence-electron chi connectivity index (χ0n) is 13.8. The highest BCUT2D eigenvalue weighted by Gasteiger charge is 2.27. The molecule has 25 heavy (non-hydrogen) atoms. The molecule has 1 aliphatic heterocycles. The molecule has 0 unspecified atom stereocenters. The Morgan fingerprint density at radius 1 is 1.16 bits per heavy atom. The van der Waals surface area contributed by atoms with Crippen LogP contribution >= 0.6 is 0 Å². The van der Waals surface area contributed by atoms with Gasteiger partial charge in [0.15, 0.2) is 0 Å². The number of sulfonamides is 1. The molecule has 0 radical (unpaired) electrons. The number of nitrogens with zero attached hydrogens (tertiary/aromatic N) is 1. The van der Waals surface area contributed by atoms with E-state index < -0.39 is 16.1 Å². The highest BCUT2D eigenvalue weighted by atomic mass is 32.2. The van der Waals surface area contributed by atoms with E-state index in [1.807, 2.05) is 30.3 Å². The minimum Gasteiger partial charge on any atom is -0.384 e. The molecule has 8 heteroatoms. The van der Waals surface area contributed by atoms with Crippen LogP contribution in [0.4, 0.5) is 5.82 Å². The third-order valence-electron chi connectivity index (χ3n) is 4.06. The van der Waals surface area contributed by atoms with Gasteiger partial charge in [0.2, 0.25) is 10.0 Å². The van der Waals surface area contributed by atoms with Crippen molar-refractivity contribution in [1.29, 1.82) is 0 Å². The molecule has 2 heterocycles. The number of nitrogens with one attached hydrogen (secondary N) is 2. The SMILES string of the molecule is O=S(=O)(c1ccc(NC[C@H](O)c2ccccc2)[nH+]c1)N1CCOCC1. The molecule has 1 aromatic heterocycles. The van der Waals surface area contributed by atoms with E-state index in [2.05, 4.69) is 10.3 Å². The van der Waals surface area contributed by atoms with Gasteiger partial charge in [0.1, 0.15) is 23.7 Å². The lowest BCUT2D eigenvalue weighted by molar-refractivity contribution is -0.364. The second kappa shape index (κ2) is 7.92. The molecule has 3 rings (SSSR count). The number of morpholine rings is 1. The second-order valence-electron chi connectivity index (χ2n) is 5.76. The molecule has 134 valence electrons. The van der Waals surface area contributed by atoms with Gasteiger partial charge in [-0.25, -0.2) is 13.4 Å². The molecule has 2 aromatic rings. The van der Waals surface area contributed by atoms with E-state index in [1.54, 1.807) is 12.1 Å². The average molecular weight is 364 g/mol. The Kier molecular flexibility index (Phi) is 5.64. The van der Waals surface area contributed by atoms with Gasteiger partial charge in [-0.3, -0.25) is 5.32 Å². The lowest BCUT2D eigenvalue weighted by atomic mass is 10.1. The summed E-state index contributed by atoms with van der Waals surface area (Å²) >= 11 is 0. The number of rotatable bonds is 6. The quantitative estimate of drug-likeness (QED) is 0.786. The summed E-state index contributed by atoms with van der Waals surface area (Å²) in [5.41, 5.74) is 0.821. The average Bonchev–Trinajstić information content (AvgIpc) is 2.68. The monoisotopic (exact) mass is 364 g/mol. The molecule has 0 bridgehead atoms. The summed E-state index contributed by atoms with van der Waals surface area (Å²) in [6, 6.07) is 12.6.